The fraction of sp³-hybridized carbons (Fsp3) is 0.882. The Hall–Kier alpha value is -1.04. The van der Waals surface area contributed by atoms with Crippen molar-refractivity contribution >= 4 is 5.91 Å². The fourth-order valence-electron chi connectivity index (χ4n) is 3.81. The number of hydrogen-bond acceptors (Lipinski definition) is 2. The maximum Gasteiger partial charge on any atom is 0.221 e. The fourth-order valence-corrected chi connectivity index (χ4v) is 3.81. The van der Waals surface area contributed by atoms with Crippen LogP contribution in [0.25, 0.3) is 0 Å². The van der Waals surface area contributed by atoms with E-state index >= 15 is 0 Å². The molecule has 0 aromatic heterocycles. The molecule has 112 valence electrons. The zero-order chi connectivity index (χ0) is 14.4. The zero-order valence-corrected chi connectivity index (χ0v) is 12.8. The number of hydrogen-bond donors (Lipinski definition) is 1. The smallest absolute Gasteiger partial charge is 0.221 e. The van der Waals surface area contributed by atoms with E-state index in [1.54, 1.807) is 0 Å². The largest absolute Gasteiger partial charge is 0.338 e. The molecule has 0 radical (unpaired) electrons. The molecule has 0 aromatic carbocycles. The van der Waals surface area contributed by atoms with Gasteiger partial charge in [0.1, 0.15) is 5.54 Å². The number of amides is 1. The van der Waals surface area contributed by atoms with Gasteiger partial charge in [0.05, 0.1) is 6.07 Å². The highest BCUT2D eigenvalue weighted by Crippen LogP contribution is 2.34. The molecule has 2 saturated carbocycles. The number of nitriles is 1. The van der Waals surface area contributed by atoms with Crippen molar-refractivity contribution in [3.63, 3.8) is 0 Å². The van der Waals surface area contributed by atoms with Gasteiger partial charge in [-0.1, -0.05) is 39.0 Å². The minimum absolute atomic E-state index is 0.0911. The van der Waals surface area contributed by atoms with Crippen molar-refractivity contribution in [1.29, 1.82) is 5.26 Å². The molecule has 2 rings (SSSR count). The highest BCUT2D eigenvalue weighted by molar-refractivity contribution is 5.77. The van der Waals surface area contributed by atoms with E-state index in [1.807, 2.05) is 0 Å². The van der Waals surface area contributed by atoms with Gasteiger partial charge in [-0.15, -0.1) is 0 Å². The minimum atomic E-state index is -0.571. The molecule has 3 heteroatoms. The van der Waals surface area contributed by atoms with E-state index in [-0.39, 0.29) is 5.91 Å². The maximum absolute atomic E-state index is 12.1. The Morgan fingerprint density at radius 3 is 2.40 bits per heavy atom. The zero-order valence-electron chi connectivity index (χ0n) is 12.8. The second-order valence-electron chi connectivity index (χ2n) is 6.78. The Morgan fingerprint density at radius 1 is 1.20 bits per heavy atom. The maximum atomic E-state index is 12.1. The van der Waals surface area contributed by atoms with Gasteiger partial charge in [0.25, 0.3) is 0 Å². The summed E-state index contributed by atoms with van der Waals surface area (Å²) >= 11 is 0. The predicted molar refractivity (Wildman–Crippen MR) is 79.9 cm³/mol. The molecule has 20 heavy (non-hydrogen) atoms. The van der Waals surface area contributed by atoms with Gasteiger partial charge in [-0.3, -0.25) is 4.79 Å². The molecule has 0 heterocycles. The monoisotopic (exact) mass is 276 g/mol. The van der Waals surface area contributed by atoms with Crippen molar-refractivity contribution in [3.05, 3.63) is 0 Å². The first kappa shape index (κ1) is 15.4. The SMILES string of the molecule is CCC1CCC(C#N)(NC(=O)CCC2CCCC2)CC1. The molecule has 0 spiro atoms. The topological polar surface area (TPSA) is 52.9 Å². The summed E-state index contributed by atoms with van der Waals surface area (Å²) in [6.45, 7) is 2.21. The van der Waals surface area contributed by atoms with Crippen LogP contribution in [0, 0.1) is 23.2 Å². The van der Waals surface area contributed by atoms with E-state index in [0.29, 0.717) is 6.42 Å². The second-order valence-corrected chi connectivity index (χ2v) is 6.78. The minimum Gasteiger partial charge on any atom is -0.338 e. The molecule has 0 aliphatic heterocycles. The van der Waals surface area contributed by atoms with Gasteiger partial charge >= 0.3 is 0 Å². The lowest BCUT2D eigenvalue weighted by molar-refractivity contribution is -0.123. The first-order valence-corrected chi connectivity index (χ1v) is 8.39. The van der Waals surface area contributed by atoms with Gasteiger partial charge in [-0.05, 0) is 43.9 Å². The Balaban J connectivity index is 1.77. The van der Waals surface area contributed by atoms with Gasteiger partial charge in [-0.2, -0.15) is 5.26 Å². The van der Waals surface area contributed by atoms with E-state index < -0.39 is 5.54 Å². The van der Waals surface area contributed by atoms with Gasteiger partial charge in [-0.25, -0.2) is 0 Å². The van der Waals surface area contributed by atoms with Crippen LogP contribution in [-0.2, 0) is 4.79 Å². The third-order valence-electron chi connectivity index (χ3n) is 5.38. The summed E-state index contributed by atoms with van der Waals surface area (Å²) in [7, 11) is 0. The quantitative estimate of drug-likeness (QED) is 0.827. The molecule has 0 unspecified atom stereocenters. The molecule has 1 N–H and O–H groups in total. The first-order valence-electron chi connectivity index (χ1n) is 8.39. The van der Waals surface area contributed by atoms with E-state index in [1.165, 1.54) is 32.1 Å². The molecule has 0 saturated heterocycles. The average Bonchev–Trinajstić information content (AvgIpc) is 2.99. The molecule has 2 aliphatic carbocycles. The van der Waals surface area contributed by atoms with Gasteiger partial charge < -0.3 is 5.32 Å². The summed E-state index contributed by atoms with van der Waals surface area (Å²) in [5.41, 5.74) is -0.571. The molecule has 2 fully saturated rings. The van der Waals surface area contributed by atoms with Crippen molar-refractivity contribution in [2.45, 2.75) is 83.1 Å². The van der Waals surface area contributed by atoms with Crippen molar-refractivity contribution in [2.24, 2.45) is 11.8 Å². The Labute approximate surface area is 123 Å². The third-order valence-corrected chi connectivity index (χ3v) is 5.38. The average molecular weight is 276 g/mol. The van der Waals surface area contributed by atoms with Crippen molar-refractivity contribution in [1.82, 2.24) is 5.32 Å². The lowest BCUT2D eigenvalue weighted by atomic mass is 9.76. The molecular formula is C17H28N2O. The third kappa shape index (κ3) is 3.98. The summed E-state index contributed by atoms with van der Waals surface area (Å²) in [6.07, 6.45) is 11.8. The van der Waals surface area contributed by atoms with Crippen LogP contribution in [0.1, 0.15) is 77.6 Å². The number of nitrogens with zero attached hydrogens (tertiary/aromatic N) is 1. The number of carbonyl (C=O) groups excluding carboxylic acids is 1. The number of rotatable bonds is 5. The normalized spacial score (nSPS) is 30.9. The van der Waals surface area contributed by atoms with Crippen LogP contribution in [0.3, 0.4) is 0 Å². The van der Waals surface area contributed by atoms with Crippen molar-refractivity contribution in [2.75, 3.05) is 0 Å². The molecule has 2 aliphatic rings. The summed E-state index contributed by atoms with van der Waals surface area (Å²) < 4.78 is 0. The highest BCUT2D eigenvalue weighted by Gasteiger charge is 2.36. The molecule has 0 atom stereocenters. The number of nitrogens with one attached hydrogen (secondary N) is 1. The first-order chi connectivity index (χ1) is 9.67. The summed E-state index contributed by atoms with van der Waals surface area (Å²) in [5.74, 6) is 1.58. The molecule has 1 amide bonds. The lowest BCUT2D eigenvalue weighted by Gasteiger charge is -2.35. The number of carbonyl (C=O) groups is 1. The van der Waals surface area contributed by atoms with E-state index in [4.69, 9.17) is 0 Å². The Kier molecular flexibility index (Phi) is 5.46. The van der Waals surface area contributed by atoms with Crippen LogP contribution in [-0.4, -0.2) is 11.4 Å². The summed E-state index contributed by atoms with van der Waals surface area (Å²) in [4.78, 5) is 12.1. The Bertz CT molecular complexity index is 358. The highest BCUT2D eigenvalue weighted by atomic mass is 16.1. The van der Waals surface area contributed by atoms with Crippen LogP contribution in [0.5, 0.6) is 0 Å². The summed E-state index contributed by atoms with van der Waals surface area (Å²) in [5, 5.41) is 12.5. The van der Waals surface area contributed by atoms with E-state index in [0.717, 1.165) is 43.9 Å². The van der Waals surface area contributed by atoms with Gasteiger partial charge in [0.15, 0.2) is 0 Å². The van der Waals surface area contributed by atoms with Gasteiger partial charge in [0.2, 0.25) is 5.91 Å². The molecule has 3 nitrogen and oxygen atoms in total. The van der Waals surface area contributed by atoms with Crippen LogP contribution in [0.15, 0.2) is 0 Å². The van der Waals surface area contributed by atoms with Crippen molar-refractivity contribution < 1.29 is 4.79 Å². The standard InChI is InChI=1S/C17H28N2O/c1-2-14-9-11-17(13-18,12-10-14)19-16(20)8-7-15-5-3-4-6-15/h14-15H,2-12H2,1H3,(H,19,20). The van der Waals surface area contributed by atoms with Crippen LogP contribution < -0.4 is 5.32 Å². The van der Waals surface area contributed by atoms with Crippen LogP contribution >= 0.6 is 0 Å². The Morgan fingerprint density at radius 2 is 1.85 bits per heavy atom. The van der Waals surface area contributed by atoms with Crippen LogP contribution in [0.2, 0.25) is 0 Å². The summed E-state index contributed by atoms with van der Waals surface area (Å²) in [6, 6.07) is 2.39. The second kappa shape index (κ2) is 7.11. The van der Waals surface area contributed by atoms with Crippen molar-refractivity contribution in [3.8, 4) is 6.07 Å². The van der Waals surface area contributed by atoms with Crippen LogP contribution in [0.4, 0.5) is 0 Å². The predicted octanol–water partition coefficient (Wildman–Crippen LogP) is 3.94. The van der Waals surface area contributed by atoms with Gasteiger partial charge in [0, 0.05) is 6.42 Å². The molecular weight excluding hydrogens is 248 g/mol. The molecule has 0 bridgehead atoms. The lowest BCUT2D eigenvalue weighted by Crippen LogP contribution is -2.49. The van der Waals surface area contributed by atoms with E-state index in [2.05, 4.69) is 18.3 Å². The molecule has 0 aromatic rings. The van der Waals surface area contributed by atoms with E-state index in [9.17, 15) is 10.1 Å².